The maximum absolute atomic E-state index is 12.5. The highest BCUT2D eigenvalue weighted by Gasteiger charge is 2.19. The zero-order valence-corrected chi connectivity index (χ0v) is 15.5. The third-order valence-corrected chi connectivity index (χ3v) is 3.67. The van der Waals surface area contributed by atoms with Crippen LogP contribution in [0.5, 0.6) is 0 Å². The third-order valence-electron chi connectivity index (χ3n) is 3.67. The zero-order chi connectivity index (χ0) is 19.3. The van der Waals surface area contributed by atoms with Crippen molar-refractivity contribution in [2.75, 3.05) is 12.3 Å². The van der Waals surface area contributed by atoms with Gasteiger partial charge in [0.2, 0.25) is 5.91 Å². The highest BCUT2D eigenvalue weighted by Crippen LogP contribution is 2.21. The molecule has 0 aliphatic rings. The first-order valence-electron chi connectivity index (χ1n) is 7.79. The Bertz CT molecular complexity index is 857. The van der Waals surface area contributed by atoms with Crippen molar-refractivity contribution in [3.05, 3.63) is 64.7 Å². The van der Waals surface area contributed by atoms with E-state index in [1.54, 1.807) is 43.3 Å². The largest absolute Gasteiger partial charge is 0.399 e. The van der Waals surface area contributed by atoms with Crippen molar-refractivity contribution in [3.63, 3.8) is 0 Å². The molecule has 0 fully saturated rings. The smallest absolute Gasteiger partial charge is 0.253 e. The Morgan fingerprint density at radius 2 is 1.85 bits per heavy atom. The molecular formula is C18H22ClN5O3. The molecule has 0 aromatic heterocycles. The normalized spacial score (nSPS) is 11.1. The number of hydrogen-bond acceptors (Lipinski definition) is 5. The van der Waals surface area contributed by atoms with E-state index in [2.05, 4.69) is 5.32 Å². The van der Waals surface area contributed by atoms with E-state index in [0.29, 0.717) is 22.4 Å². The van der Waals surface area contributed by atoms with E-state index in [4.69, 9.17) is 27.3 Å². The highest BCUT2D eigenvalue weighted by atomic mass is 35.5. The van der Waals surface area contributed by atoms with E-state index in [1.165, 1.54) is 6.07 Å². The van der Waals surface area contributed by atoms with Gasteiger partial charge in [0.05, 0.1) is 0 Å². The van der Waals surface area contributed by atoms with Crippen LogP contribution in [0.3, 0.4) is 0 Å². The van der Waals surface area contributed by atoms with Gasteiger partial charge in [0, 0.05) is 22.4 Å². The lowest BCUT2D eigenvalue weighted by molar-refractivity contribution is -0.125. The Balaban J connectivity index is 0.00000364. The number of nitrogens with one attached hydrogen (secondary N) is 2. The molecule has 0 bridgehead atoms. The van der Waals surface area contributed by atoms with Crippen LogP contribution in [-0.4, -0.2) is 24.3 Å². The van der Waals surface area contributed by atoms with Crippen molar-refractivity contribution in [2.45, 2.75) is 13.2 Å². The lowest BCUT2D eigenvalue weighted by Gasteiger charge is -2.21. The van der Waals surface area contributed by atoms with Crippen LogP contribution in [0.15, 0.2) is 42.5 Å². The number of rotatable bonds is 7. The standard InChI is InChI=1S/C18H21N5O3.ClH/c1-10-7-11(16(21)22)5-6-14(10)18(26-9-15(20)24)23-17(25)12-3-2-4-13(19)8-12;/h2-8,18H,9,19H2,1H3,(H2,20,24)(H3,21,22)(H,23,25);1H. The van der Waals surface area contributed by atoms with Crippen LogP contribution in [0.2, 0.25) is 0 Å². The molecule has 0 aliphatic heterocycles. The average Bonchev–Trinajstić information content (AvgIpc) is 2.58. The van der Waals surface area contributed by atoms with Gasteiger partial charge in [-0.3, -0.25) is 15.0 Å². The van der Waals surface area contributed by atoms with E-state index in [0.717, 1.165) is 5.56 Å². The fraction of sp³-hybridized carbons (Fsp3) is 0.167. The second-order valence-electron chi connectivity index (χ2n) is 5.74. The Morgan fingerprint density at radius 1 is 1.15 bits per heavy atom. The molecule has 0 aliphatic carbocycles. The van der Waals surface area contributed by atoms with Crippen molar-refractivity contribution in [2.24, 2.45) is 11.5 Å². The van der Waals surface area contributed by atoms with Gasteiger partial charge in [0.15, 0.2) is 6.23 Å². The summed E-state index contributed by atoms with van der Waals surface area (Å²) in [5.74, 6) is -1.15. The molecule has 0 spiro atoms. The predicted molar refractivity (Wildman–Crippen MR) is 106 cm³/mol. The molecule has 2 aromatic carbocycles. The number of carbonyl (C=O) groups is 2. The van der Waals surface area contributed by atoms with Crippen LogP contribution in [-0.2, 0) is 9.53 Å². The van der Waals surface area contributed by atoms with Gasteiger partial charge in [-0.15, -0.1) is 12.4 Å². The van der Waals surface area contributed by atoms with Gasteiger partial charge in [-0.25, -0.2) is 0 Å². The molecule has 8 N–H and O–H groups in total. The van der Waals surface area contributed by atoms with Crippen LogP contribution in [0.25, 0.3) is 0 Å². The summed E-state index contributed by atoms with van der Waals surface area (Å²) in [6, 6.07) is 11.5. The summed E-state index contributed by atoms with van der Waals surface area (Å²) in [6.45, 7) is 1.42. The molecule has 0 saturated heterocycles. The SMILES string of the molecule is Cc1cc(C(=N)N)ccc1C(NC(=O)c1cccc(N)c1)OCC(N)=O.Cl. The van der Waals surface area contributed by atoms with E-state index >= 15 is 0 Å². The lowest BCUT2D eigenvalue weighted by Crippen LogP contribution is -2.33. The summed E-state index contributed by atoms with van der Waals surface area (Å²) in [7, 11) is 0. The molecule has 2 aromatic rings. The van der Waals surface area contributed by atoms with Crippen molar-refractivity contribution in [3.8, 4) is 0 Å². The number of nitrogen functional groups attached to an aromatic ring is 2. The number of ether oxygens (including phenoxy) is 1. The predicted octanol–water partition coefficient (Wildman–Crippen LogP) is 1.21. The van der Waals surface area contributed by atoms with Gasteiger partial charge in [0.1, 0.15) is 12.4 Å². The average molecular weight is 392 g/mol. The molecule has 1 unspecified atom stereocenters. The fourth-order valence-electron chi connectivity index (χ4n) is 2.39. The summed E-state index contributed by atoms with van der Waals surface area (Å²) in [5.41, 5.74) is 19.0. The summed E-state index contributed by atoms with van der Waals surface area (Å²) < 4.78 is 5.47. The fourth-order valence-corrected chi connectivity index (χ4v) is 2.39. The molecular weight excluding hydrogens is 370 g/mol. The van der Waals surface area contributed by atoms with Gasteiger partial charge in [-0.05, 0) is 36.8 Å². The number of anilines is 1. The van der Waals surface area contributed by atoms with Gasteiger partial charge in [0.25, 0.3) is 5.91 Å². The maximum Gasteiger partial charge on any atom is 0.253 e. The number of aryl methyl sites for hydroxylation is 1. The van der Waals surface area contributed by atoms with Gasteiger partial charge < -0.3 is 27.3 Å². The zero-order valence-electron chi connectivity index (χ0n) is 14.7. The topological polar surface area (TPSA) is 157 Å². The first-order chi connectivity index (χ1) is 12.3. The van der Waals surface area contributed by atoms with Crippen LogP contribution in [0.1, 0.15) is 33.3 Å². The molecule has 144 valence electrons. The van der Waals surface area contributed by atoms with E-state index in [-0.39, 0.29) is 24.8 Å². The minimum Gasteiger partial charge on any atom is -0.399 e. The van der Waals surface area contributed by atoms with Crippen molar-refractivity contribution >= 4 is 35.7 Å². The monoisotopic (exact) mass is 391 g/mol. The first-order valence-corrected chi connectivity index (χ1v) is 7.79. The van der Waals surface area contributed by atoms with Crippen LogP contribution >= 0.6 is 12.4 Å². The number of hydrogen-bond donors (Lipinski definition) is 5. The van der Waals surface area contributed by atoms with Gasteiger partial charge in [-0.1, -0.05) is 18.2 Å². The molecule has 1 atom stereocenters. The number of primary amides is 1. The van der Waals surface area contributed by atoms with Crippen molar-refractivity contribution in [1.29, 1.82) is 5.41 Å². The molecule has 0 heterocycles. The maximum atomic E-state index is 12.5. The molecule has 27 heavy (non-hydrogen) atoms. The first kappa shape index (κ1) is 21.9. The molecule has 8 nitrogen and oxygen atoms in total. The molecule has 0 radical (unpaired) electrons. The second-order valence-corrected chi connectivity index (χ2v) is 5.74. The number of amidine groups is 1. The van der Waals surface area contributed by atoms with Crippen molar-refractivity contribution in [1.82, 2.24) is 5.32 Å². The Labute approximate surface area is 163 Å². The highest BCUT2D eigenvalue weighted by molar-refractivity contribution is 5.96. The third kappa shape index (κ3) is 5.98. The molecule has 9 heteroatoms. The summed E-state index contributed by atoms with van der Waals surface area (Å²) in [6.07, 6.45) is -0.905. The number of carbonyl (C=O) groups excluding carboxylic acids is 2. The number of halogens is 1. The summed E-state index contributed by atoms with van der Waals surface area (Å²) in [4.78, 5) is 23.6. The van der Waals surface area contributed by atoms with Crippen LogP contribution in [0, 0.1) is 12.3 Å². The van der Waals surface area contributed by atoms with E-state index in [9.17, 15) is 9.59 Å². The number of nitrogens with two attached hydrogens (primary N) is 3. The lowest BCUT2D eigenvalue weighted by atomic mass is 10.0. The van der Waals surface area contributed by atoms with Gasteiger partial charge in [-0.2, -0.15) is 0 Å². The summed E-state index contributed by atoms with van der Waals surface area (Å²) in [5, 5.41) is 10.2. The van der Waals surface area contributed by atoms with Gasteiger partial charge >= 0.3 is 0 Å². The van der Waals surface area contributed by atoms with Crippen molar-refractivity contribution < 1.29 is 14.3 Å². The molecule has 2 amide bonds. The minimum atomic E-state index is -0.905. The van der Waals surface area contributed by atoms with Crippen LogP contribution in [0.4, 0.5) is 5.69 Å². The molecule has 2 rings (SSSR count). The quantitative estimate of drug-likeness (QED) is 0.207. The Morgan fingerprint density at radius 3 is 2.41 bits per heavy atom. The summed E-state index contributed by atoms with van der Waals surface area (Å²) >= 11 is 0. The molecule has 0 saturated carbocycles. The van der Waals surface area contributed by atoms with E-state index < -0.39 is 18.0 Å². The minimum absolute atomic E-state index is 0. The number of amides is 2. The second kappa shape index (κ2) is 9.56. The Kier molecular flexibility index (Phi) is 7.77. The van der Waals surface area contributed by atoms with Crippen LogP contribution < -0.4 is 22.5 Å². The van der Waals surface area contributed by atoms with E-state index in [1.807, 2.05) is 0 Å². The Hall–Kier alpha value is -3.10. The number of benzene rings is 2.